The van der Waals surface area contributed by atoms with Gasteiger partial charge in [0.2, 0.25) is 0 Å². The minimum absolute atomic E-state index is 0.863. The lowest BCUT2D eigenvalue weighted by molar-refractivity contribution is 0.669. The summed E-state index contributed by atoms with van der Waals surface area (Å²) in [5, 5.41) is 9.80. The molecule has 0 unspecified atom stereocenters. The van der Waals surface area contributed by atoms with E-state index >= 15 is 0 Å². The zero-order valence-corrected chi connectivity index (χ0v) is 33.7. The maximum Gasteiger partial charge on any atom is 0.137 e. The van der Waals surface area contributed by atoms with Crippen LogP contribution in [-0.4, -0.2) is 0 Å². The Morgan fingerprint density at radius 3 is 2.00 bits per heavy atom. The van der Waals surface area contributed by atoms with Crippen LogP contribution < -0.4 is 4.90 Å². The highest BCUT2D eigenvalue weighted by Gasteiger charge is 2.22. The van der Waals surface area contributed by atoms with Gasteiger partial charge in [-0.1, -0.05) is 145 Å². The number of benzene rings is 10. The van der Waals surface area contributed by atoms with Gasteiger partial charge >= 0.3 is 0 Å². The highest BCUT2D eigenvalue weighted by atomic mass is 32.1. The fraction of sp³-hybridized carbons (Fsp3) is 0.0175. The lowest BCUT2D eigenvalue weighted by atomic mass is 9.95. The van der Waals surface area contributed by atoms with Gasteiger partial charge in [0.05, 0.1) is 11.1 Å². The first-order valence-electron chi connectivity index (χ1n) is 20.5. The van der Waals surface area contributed by atoms with Crippen LogP contribution in [0.25, 0.3) is 97.0 Å². The average molecular weight is 784 g/mol. The molecule has 0 aliphatic carbocycles. The number of hydrogen-bond acceptors (Lipinski definition) is 3. The highest BCUT2D eigenvalue weighted by molar-refractivity contribution is 7.26. The van der Waals surface area contributed by atoms with E-state index in [1.54, 1.807) is 0 Å². The number of aryl methyl sites for hydroxylation is 1. The molecule has 2 heterocycles. The number of furan rings is 1. The molecule has 2 nitrogen and oxygen atoms in total. The average Bonchev–Trinajstić information content (AvgIpc) is 3.88. The third kappa shape index (κ3) is 5.70. The molecule has 3 heteroatoms. The minimum atomic E-state index is 0.863. The molecule has 12 rings (SSSR count). The number of thiophene rings is 1. The Labute approximate surface area is 351 Å². The lowest BCUT2D eigenvalue weighted by Crippen LogP contribution is -2.10. The number of fused-ring (bicyclic) bond motifs is 9. The monoisotopic (exact) mass is 783 g/mol. The number of anilines is 3. The Morgan fingerprint density at radius 1 is 0.383 bits per heavy atom. The van der Waals surface area contributed by atoms with Crippen LogP contribution in [0.3, 0.4) is 0 Å². The van der Waals surface area contributed by atoms with E-state index in [4.69, 9.17) is 4.42 Å². The molecule has 2 aromatic heterocycles. The van der Waals surface area contributed by atoms with Gasteiger partial charge < -0.3 is 9.32 Å². The van der Waals surface area contributed by atoms with Crippen molar-refractivity contribution < 1.29 is 4.42 Å². The second-order valence-corrected chi connectivity index (χ2v) is 16.8. The first-order chi connectivity index (χ1) is 29.6. The van der Waals surface area contributed by atoms with Gasteiger partial charge in [-0.05, 0) is 129 Å². The topological polar surface area (TPSA) is 16.4 Å². The van der Waals surface area contributed by atoms with E-state index in [9.17, 15) is 0 Å². The number of hydrogen-bond donors (Lipinski definition) is 0. The molecular formula is C57H37NOS. The van der Waals surface area contributed by atoms with Gasteiger partial charge in [0.1, 0.15) is 11.2 Å². The van der Waals surface area contributed by atoms with Gasteiger partial charge in [0.25, 0.3) is 0 Å². The molecule has 0 saturated carbocycles. The second-order valence-electron chi connectivity index (χ2n) is 15.8. The zero-order valence-electron chi connectivity index (χ0n) is 32.9. The van der Waals surface area contributed by atoms with Crippen molar-refractivity contribution in [3.63, 3.8) is 0 Å². The Kier molecular flexibility index (Phi) is 7.97. The fourth-order valence-corrected chi connectivity index (χ4v) is 10.3. The van der Waals surface area contributed by atoms with Crippen molar-refractivity contribution in [3.05, 3.63) is 212 Å². The largest absolute Gasteiger partial charge is 0.456 e. The summed E-state index contributed by atoms with van der Waals surface area (Å²) in [7, 11) is 0. The van der Waals surface area contributed by atoms with Crippen LogP contribution in [0.5, 0.6) is 0 Å². The molecule has 0 radical (unpaired) electrons. The summed E-state index contributed by atoms with van der Waals surface area (Å²) < 4.78 is 9.15. The predicted molar refractivity (Wildman–Crippen MR) is 257 cm³/mol. The van der Waals surface area contributed by atoms with Crippen molar-refractivity contribution >= 4 is 92.1 Å². The molecule has 0 bridgehead atoms. The molecule has 282 valence electrons. The van der Waals surface area contributed by atoms with Crippen LogP contribution in [0.4, 0.5) is 17.1 Å². The van der Waals surface area contributed by atoms with Gasteiger partial charge in [-0.3, -0.25) is 0 Å². The molecule has 0 fully saturated rings. The maximum absolute atomic E-state index is 6.60. The summed E-state index contributed by atoms with van der Waals surface area (Å²) in [4.78, 5) is 2.42. The summed E-state index contributed by atoms with van der Waals surface area (Å²) in [6, 6.07) is 75.2. The summed E-state index contributed by atoms with van der Waals surface area (Å²) >= 11 is 1.86. The molecule has 0 aliphatic heterocycles. The van der Waals surface area contributed by atoms with E-state index in [-0.39, 0.29) is 0 Å². The van der Waals surface area contributed by atoms with Gasteiger partial charge in [-0.25, -0.2) is 0 Å². The van der Waals surface area contributed by atoms with Crippen molar-refractivity contribution in [2.75, 3.05) is 4.90 Å². The van der Waals surface area contributed by atoms with E-state index < -0.39 is 0 Å². The highest BCUT2D eigenvalue weighted by Crippen LogP contribution is 2.47. The van der Waals surface area contributed by atoms with Gasteiger partial charge in [0, 0.05) is 36.9 Å². The minimum Gasteiger partial charge on any atom is -0.456 e. The standard InChI is InChI=1S/C57H37NOS/c1-36-10-7-14-40(32-36)38-22-26-44(27-23-38)58(51-17-9-18-53-57(51)49-34-41(25-30-52(49)59-53)37-11-3-2-4-12-37)45-28-31-54-50(35-45)56-48(16-8-19-55(56)60-54)43-24-29-47-42(33-43)21-20-39-13-5-6-15-46(39)47/h2-35H,1H3. The Bertz CT molecular complexity index is 3610. The van der Waals surface area contributed by atoms with E-state index in [0.717, 1.165) is 44.6 Å². The van der Waals surface area contributed by atoms with E-state index in [1.165, 1.54) is 75.1 Å². The molecule has 0 N–H and O–H groups in total. The van der Waals surface area contributed by atoms with Gasteiger partial charge in [-0.15, -0.1) is 11.3 Å². The Morgan fingerprint density at radius 2 is 1.10 bits per heavy atom. The van der Waals surface area contributed by atoms with E-state index in [1.807, 2.05) is 11.3 Å². The summed E-state index contributed by atoms with van der Waals surface area (Å²) in [5.74, 6) is 0. The molecule has 0 aliphatic rings. The predicted octanol–water partition coefficient (Wildman–Crippen LogP) is 17.0. The van der Waals surface area contributed by atoms with Crippen molar-refractivity contribution in [3.8, 4) is 33.4 Å². The van der Waals surface area contributed by atoms with Crippen LogP contribution in [0, 0.1) is 6.92 Å². The summed E-state index contributed by atoms with van der Waals surface area (Å²) in [5.41, 5.74) is 13.4. The van der Waals surface area contributed by atoms with Crippen molar-refractivity contribution in [1.82, 2.24) is 0 Å². The number of nitrogens with zero attached hydrogens (tertiary/aromatic N) is 1. The molecule has 0 atom stereocenters. The van der Waals surface area contributed by atoms with Crippen LogP contribution in [-0.2, 0) is 0 Å². The Balaban J connectivity index is 1.07. The van der Waals surface area contributed by atoms with Crippen LogP contribution in [0.2, 0.25) is 0 Å². The first-order valence-corrected chi connectivity index (χ1v) is 21.3. The second kappa shape index (κ2) is 13.8. The zero-order chi connectivity index (χ0) is 39.7. The molecule has 60 heavy (non-hydrogen) atoms. The first kappa shape index (κ1) is 34.6. The molecule has 0 saturated heterocycles. The summed E-state index contributed by atoms with van der Waals surface area (Å²) in [6.45, 7) is 2.15. The quantitative estimate of drug-likeness (QED) is 0.156. The van der Waals surface area contributed by atoms with Crippen LogP contribution >= 0.6 is 11.3 Å². The third-order valence-electron chi connectivity index (χ3n) is 12.1. The molecular weight excluding hydrogens is 747 g/mol. The van der Waals surface area contributed by atoms with Crippen LogP contribution in [0.1, 0.15) is 5.56 Å². The molecule has 10 aromatic carbocycles. The van der Waals surface area contributed by atoms with Crippen molar-refractivity contribution in [2.45, 2.75) is 6.92 Å². The van der Waals surface area contributed by atoms with E-state index in [2.05, 4.69) is 218 Å². The SMILES string of the molecule is Cc1cccc(-c2ccc(N(c3ccc4sc5cccc(-c6ccc7c(ccc8ccccc87)c6)c5c4c3)c3cccc4oc5ccc(-c6ccccc6)cc5c34)cc2)c1. The Hall–Kier alpha value is -7.46. The lowest BCUT2D eigenvalue weighted by Gasteiger charge is -2.26. The smallest absolute Gasteiger partial charge is 0.137 e. The van der Waals surface area contributed by atoms with Crippen molar-refractivity contribution in [1.29, 1.82) is 0 Å². The molecule has 0 spiro atoms. The molecule has 0 amide bonds. The fourth-order valence-electron chi connectivity index (χ4n) is 9.23. The maximum atomic E-state index is 6.60. The van der Waals surface area contributed by atoms with Crippen LogP contribution in [0.15, 0.2) is 211 Å². The van der Waals surface area contributed by atoms with Gasteiger partial charge in [-0.2, -0.15) is 0 Å². The normalized spacial score (nSPS) is 11.8. The molecule has 12 aromatic rings. The van der Waals surface area contributed by atoms with Crippen molar-refractivity contribution in [2.24, 2.45) is 0 Å². The van der Waals surface area contributed by atoms with E-state index in [0.29, 0.717) is 0 Å². The number of rotatable bonds is 6. The summed E-state index contributed by atoms with van der Waals surface area (Å²) in [6.07, 6.45) is 0. The van der Waals surface area contributed by atoms with Gasteiger partial charge in [0.15, 0.2) is 0 Å². The third-order valence-corrected chi connectivity index (χ3v) is 13.2.